The number of amides is 1. The Morgan fingerprint density at radius 3 is 2.95 bits per heavy atom. The van der Waals surface area contributed by atoms with E-state index in [1.165, 1.54) is 29.7 Å². The van der Waals surface area contributed by atoms with E-state index in [-0.39, 0.29) is 11.1 Å². The number of hydrogen-bond donors (Lipinski definition) is 1. The molecule has 2 rings (SSSR count). The summed E-state index contributed by atoms with van der Waals surface area (Å²) >= 11 is 1.51. The van der Waals surface area contributed by atoms with Crippen LogP contribution in [0.4, 0.5) is 4.39 Å². The fourth-order valence-electron chi connectivity index (χ4n) is 1.34. The first-order valence-electron chi connectivity index (χ1n) is 5.26. The molecule has 0 bridgehead atoms. The molecule has 1 aromatic carbocycles. The number of nitrogens with zero attached hydrogens (tertiary/aromatic N) is 2. The number of halogens is 1. The van der Waals surface area contributed by atoms with Crippen LogP contribution in [0.25, 0.3) is 0 Å². The second-order valence-electron chi connectivity index (χ2n) is 3.56. The summed E-state index contributed by atoms with van der Waals surface area (Å²) in [5.41, 5.74) is 3.09. The summed E-state index contributed by atoms with van der Waals surface area (Å²) in [6.07, 6.45) is 1.47. The molecule has 1 heterocycles. The molecule has 0 spiro atoms. The van der Waals surface area contributed by atoms with E-state index in [0.29, 0.717) is 0 Å². The Kier molecular flexibility index (Phi) is 4.00. The van der Waals surface area contributed by atoms with Gasteiger partial charge in [-0.1, -0.05) is 0 Å². The Balaban J connectivity index is 2.06. The van der Waals surface area contributed by atoms with Crippen LogP contribution >= 0.6 is 11.3 Å². The van der Waals surface area contributed by atoms with Crippen LogP contribution in [0.5, 0.6) is 0 Å². The van der Waals surface area contributed by atoms with Gasteiger partial charge in [-0.25, -0.2) is 9.82 Å². The summed E-state index contributed by atoms with van der Waals surface area (Å²) in [6, 6.07) is 7.27. The Hall–Kier alpha value is -2.52. The lowest BCUT2D eigenvalue weighted by Crippen LogP contribution is -2.19. The number of carbonyl (C=O) groups is 1. The number of nitrogens with one attached hydrogen (secondary N) is 1. The molecule has 0 aliphatic heterocycles. The average Bonchev–Trinajstić information content (AvgIpc) is 2.91. The maximum Gasteiger partial charge on any atom is 0.274 e. The van der Waals surface area contributed by atoms with Crippen LogP contribution in [0.1, 0.15) is 21.5 Å². The van der Waals surface area contributed by atoms with E-state index in [1.807, 2.05) is 16.8 Å². The molecule has 0 fully saturated rings. The van der Waals surface area contributed by atoms with Crippen LogP contribution in [-0.4, -0.2) is 12.1 Å². The fraction of sp³-hybridized carbons (Fsp3) is 0. The maximum absolute atomic E-state index is 13.5. The molecule has 94 valence electrons. The second-order valence-corrected chi connectivity index (χ2v) is 4.34. The van der Waals surface area contributed by atoms with Crippen LogP contribution in [0.15, 0.2) is 40.1 Å². The van der Waals surface area contributed by atoms with Gasteiger partial charge in [0.2, 0.25) is 0 Å². The lowest BCUT2D eigenvalue weighted by Gasteiger charge is -2.01. The molecule has 4 nitrogen and oxygen atoms in total. The highest BCUT2D eigenvalue weighted by atomic mass is 32.1. The highest BCUT2D eigenvalue weighted by Gasteiger charge is 2.11. The zero-order chi connectivity index (χ0) is 13.7. The van der Waals surface area contributed by atoms with Gasteiger partial charge in [0, 0.05) is 5.56 Å². The fourth-order valence-corrected chi connectivity index (χ4v) is 1.95. The van der Waals surface area contributed by atoms with E-state index in [4.69, 9.17) is 5.26 Å². The van der Waals surface area contributed by atoms with Gasteiger partial charge in [-0.15, -0.1) is 0 Å². The van der Waals surface area contributed by atoms with Gasteiger partial charge in [0.1, 0.15) is 5.82 Å². The number of hydrogen-bond acceptors (Lipinski definition) is 4. The van der Waals surface area contributed by atoms with Crippen LogP contribution < -0.4 is 5.43 Å². The van der Waals surface area contributed by atoms with Crippen molar-refractivity contribution >= 4 is 23.5 Å². The first-order valence-corrected chi connectivity index (χ1v) is 6.20. The highest BCUT2D eigenvalue weighted by molar-refractivity contribution is 7.08. The first-order chi connectivity index (χ1) is 9.20. The normalized spacial score (nSPS) is 10.3. The third kappa shape index (κ3) is 3.24. The molecule has 2 aromatic rings. The molecule has 6 heteroatoms. The molecular weight excluding hydrogens is 265 g/mol. The monoisotopic (exact) mass is 273 g/mol. The molecule has 1 aromatic heterocycles. The third-order valence-corrected chi connectivity index (χ3v) is 2.97. The van der Waals surface area contributed by atoms with Gasteiger partial charge in [-0.2, -0.15) is 21.7 Å². The van der Waals surface area contributed by atoms with Crippen molar-refractivity contribution in [2.75, 3.05) is 0 Å². The Morgan fingerprint density at radius 2 is 2.32 bits per heavy atom. The SMILES string of the molecule is N#Cc1ccc(C(=O)N/N=C\c2ccsc2)c(F)c1. The molecule has 19 heavy (non-hydrogen) atoms. The third-order valence-electron chi connectivity index (χ3n) is 2.27. The quantitative estimate of drug-likeness (QED) is 0.689. The maximum atomic E-state index is 13.5. The number of nitriles is 1. The van der Waals surface area contributed by atoms with Crippen molar-refractivity contribution in [2.24, 2.45) is 5.10 Å². The average molecular weight is 273 g/mol. The van der Waals surface area contributed by atoms with Crippen molar-refractivity contribution in [2.45, 2.75) is 0 Å². The van der Waals surface area contributed by atoms with E-state index in [9.17, 15) is 9.18 Å². The van der Waals surface area contributed by atoms with E-state index in [2.05, 4.69) is 10.5 Å². The molecule has 0 saturated heterocycles. The van der Waals surface area contributed by atoms with Crippen LogP contribution in [0.2, 0.25) is 0 Å². The van der Waals surface area contributed by atoms with Crippen LogP contribution in [0.3, 0.4) is 0 Å². The van der Waals surface area contributed by atoms with E-state index >= 15 is 0 Å². The molecular formula is C13H8FN3OS. The molecule has 0 unspecified atom stereocenters. The largest absolute Gasteiger partial charge is 0.274 e. The molecule has 0 radical (unpaired) electrons. The Bertz CT molecular complexity index is 659. The summed E-state index contributed by atoms with van der Waals surface area (Å²) in [5.74, 6) is -1.41. The van der Waals surface area contributed by atoms with Gasteiger partial charge < -0.3 is 0 Å². The number of carbonyl (C=O) groups excluding carboxylic acids is 1. The number of rotatable bonds is 3. The highest BCUT2D eigenvalue weighted by Crippen LogP contribution is 2.09. The van der Waals surface area contributed by atoms with Crippen LogP contribution in [-0.2, 0) is 0 Å². The summed E-state index contributed by atoms with van der Waals surface area (Å²) in [6.45, 7) is 0. The van der Waals surface area contributed by atoms with Crippen molar-refractivity contribution in [1.82, 2.24) is 5.43 Å². The minimum absolute atomic E-state index is 0.151. The van der Waals surface area contributed by atoms with E-state index in [1.54, 1.807) is 6.07 Å². The minimum Gasteiger partial charge on any atom is -0.267 e. The van der Waals surface area contributed by atoms with Gasteiger partial charge in [0.15, 0.2) is 0 Å². The second kappa shape index (κ2) is 5.89. The van der Waals surface area contributed by atoms with Gasteiger partial charge in [0.25, 0.3) is 5.91 Å². The minimum atomic E-state index is -0.748. The lowest BCUT2D eigenvalue weighted by atomic mass is 10.1. The number of thiophene rings is 1. The van der Waals surface area contributed by atoms with Gasteiger partial charge >= 0.3 is 0 Å². The molecule has 0 saturated carbocycles. The van der Waals surface area contributed by atoms with Crippen molar-refractivity contribution < 1.29 is 9.18 Å². The standard InChI is InChI=1S/C13H8FN3OS/c14-12-5-9(6-15)1-2-11(12)13(18)17-16-7-10-3-4-19-8-10/h1-5,7-8H,(H,17,18)/b16-7-. The Labute approximate surface area is 112 Å². The molecule has 1 N–H and O–H groups in total. The molecule has 0 aliphatic carbocycles. The predicted molar refractivity (Wildman–Crippen MR) is 70.5 cm³/mol. The summed E-state index contributed by atoms with van der Waals surface area (Å²) < 4.78 is 13.5. The van der Waals surface area contributed by atoms with Gasteiger partial charge in [-0.3, -0.25) is 4.79 Å². The zero-order valence-corrected chi connectivity index (χ0v) is 10.4. The lowest BCUT2D eigenvalue weighted by molar-refractivity contribution is 0.0951. The van der Waals surface area contributed by atoms with E-state index < -0.39 is 11.7 Å². The predicted octanol–water partition coefficient (Wildman–Crippen LogP) is 2.52. The summed E-state index contributed by atoms with van der Waals surface area (Å²) in [7, 11) is 0. The number of hydrazone groups is 1. The van der Waals surface area contributed by atoms with Crippen molar-refractivity contribution in [1.29, 1.82) is 5.26 Å². The smallest absolute Gasteiger partial charge is 0.267 e. The molecule has 0 aliphatic rings. The topological polar surface area (TPSA) is 65.2 Å². The van der Waals surface area contributed by atoms with E-state index in [0.717, 1.165) is 11.6 Å². The van der Waals surface area contributed by atoms with Crippen molar-refractivity contribution in [3.63, 3.8) is 0 Å². The van der Waals surface area contributed by atoms with Crippen LogP contribution in [0, 0.1) is 17.1 Å². The zero-order valence-electron chi connectivity index (χ0n) is 9.63. The Morgan fingerprint density at radius 1 is 1.47 bits per heavy atom. The first kappa shape index (κ1) is 12.9. The molecule has 0 atom stereocenters. The van der Waals surface area contributed by atoms with Gasteiger partial charge in [0.05, 0.1) is 23.4 Å². The molecule has 1 amide bonds. The van der Waals surface area contributed by atoms with Gasteiger partial charge in [-0.05, 0) is 35.0 Å². The van der Waals surface area contributed by atoms with Crippen molar-refractivity contribution in [3.8, 4) is 6.07 Å². The van der Waals surface area contributed by atoms with Crippen molar-refractivity contribution in [3.05, 3.63) is 57.5 Å². The number of benzene rings is 1. The summed E-state index contributed by atoms with van der Waals surface area (Å²) in [5, 5.41) is 16.1. The summed E-state index contributed by atoms with van der Waals surface area (Å²) in [4.78, 5) is 11.6.